The molecule has 0 spiro atoms. The molecule has 1 aromatic carbocycles. The van der Waals surface area contributed by atoms with E-state index in [-0.39, 0.29) is 5.91 Å². The van der Waals surface area contributed by atoms with Gasteiger partial charge in [0, 0.05) is 5.56 Å². The molecule has 1 amide bonds. The predicted molar refractivity (Wildman–Crippen MR) is 66.2 cm³/mol. The number of piperidine rings is 1. The standard InChI is InChI=1S/C7H7NO.C6H13N/c8-7(9)6-4-2-1-3-5-6;1-6-2-4-7-5-3-6/h1-5H,(H2,8,9);6-7H,2-5H2,1H3. The zero-order chi connectivity index (χ0) is 11.8. The lowest BCUT2D eigenvalue weighted by Gasteiger charge is -2.17. The van der Waals surface area contributed by atoms with Crippen LogP contribution in [0.3, 0.4) is 0 Å². The van der Waals surface area contributed by atoms with E-state index in [1.54, 1.807) is 24.3 Å². The van der Waals surface area contributed by atoms with Gasteiger partial charge in [-0.3, -0.25) is 4.79 Å². The quantitative estimate of drug-likeness (QED) is 0.758. The summed E-state index contributed by atoms with van der Waals surface area (Å²) in [4.78, 5) is 10.4. The zero-order valence-corrected chi connectivity index (χ0v) is 9.78. The first kappa shape index (κ1) is 12.7. The fourth-order valence-electron chi connectivity index (χ4n) is 1.57. The van der Waals surface area contributed by atoms with Crippen LogP contribution in [0.2, 0.25) is 0 Å². The topological polar surface area (TPSA) is 55.1 Å². The third-order valence-electron chi connectivity index (χ3n) is 2.69. The highest BCUT2D eigenvalue weighted by atomic mass is 16.1. The van der Waals surface area contributed by atoms with E-state index in [9.17, 15) is 4.79 Å². The lowest BCUT2D eigenvalue weighted by Crippen LogP contribution is -2.26. The SMILES string of the molecule is CC1CCNCC1.NC(=O)c1ccccc1. The maximum atomic E-state index is 10.4. The minimum atomic E-state index is -0.379. The number of hydrogen-bond donors (Lipinski definition) is 2. The molecule has 1 aromatic rings. The molecule has 2 rings (SSSR count). The van der Waals surface area contributed by atoms with E-state index in [1.807, 2.05) is 6.07 Å². The number of hydrogen-bond acceptors (Lipinski definition) is 2. The van der Waals surface area contributed by atoms with Gasteiger partial charge in [-0.25, -0.2) is 0 Å². The Kier molecular flexibility index (Phi) is 5.57. The lowest BCUT2D eigenvalue weighted by molar-refractivity contribution is 0.100. The van der Waals surface area contributed by atoms with E-state index in [0.717, 1.165) is 5.92 Å². The third kappa shape index (κ3) is 4.94. The van der Waals surface area contributed by atoms with Crippen LogP contribution in [-0.4, -0.2) is 19.0 Å². The Hall–Kier alpha value is -1.35. The van der Waals surface area contributed by atoms with Crippen molar-refractivity contribution in [3.8, 4) is 0 Å². The van der Waals surface area contributed by atoms with Crippen LogP contribution in [0, 0.1) is 5.92 Å². The Morgan fingerprint density at radius 1 is 1.25 bits per heavy atom. The summed E-state index contributed by atoms with van der Waals surface area (Å²) < 4.78 is 0. The maximum absolute atomic E-state index is 10.4. The number of rotatable bonds is 1. The van der Waals surface area contributed by atoms with Crippen molar-refractivity contribution in [2.75, 3.05) is 13.1 Å². The number of carbonyl (C=O) groups is 1. The first-order chi connectivity index (χ1) is 7.70. The number of nitrogens with two attached hydrogens (primary N) is 1. The average Bonchev–Trinajstić information content (AvgIpc) is 2.32. The summed E-state index contributed by atoms with van der Waals surface area (Å²) in [6.45, 7) is 4.79. The first-order valence-corrected chi connectivity index (χ1v) is 5.75. The second kappa shape index (κ2) is 7.01. The summed E-state index contributed by atoms with van der Waals surface area (Å²) in [7, 11) is 0. The van der Waals surface area contributed by atoms with Crippen molar-refractivity contribution in [3.05, 3.63) is 35.9 Å². The van der Waals surface area contributed by atoms with Crippen LogP contribution in [0.1, 0.15) is 30.1 Å². The van der Waals surface area contributed by atoms with Crippen LogP contribution >= 0.6 is 0 Å². The van der Waals surface area contributed by atoms with Gasteiger partial charge in [0.2, 0.25) is 5.91 Å². The molecule has 3 N–H and O–H groups in total. The average molecular weight is 220 g/mol. The molecule has 1 aliphatic heterocycles. The van der Waals surface area contributed by atoms with Gasteiger partial charge < -0.3 is 11.1 Å². The molecule has 1 heterocycles. The molecule has 0 radical (unpaired) electrons. The molecule has 0 saturated carbocycles. The van der Waals surface area contributed by atoms with E-state index in [1.165, 1.54) is 25.9 Å². The maximum Gasteiger partial charge on any atom is 0.248 e. The van der Waals surface area contributed by atoms with Gasteiger partial charge in [-0.05, 0) is 44.0 Å². The molecular formula is C13H20N2O. The van der Waals surface area contributed by atoms with Crippen molar-refractivity contribution < 1.29 is 4.79 Å². The van der Waals surface area contributed by atoms with Gasteiger partial charge in [0.05, 0.1) is 0 Å². The number of nitrogens with one attached hydrogen (secondary N) is 1. The molecule has 88 valence electrons. The fraction of sp³-hybridized carbons (Fsp3) is 0.462. The molecule has 0 atom stereocenters. The minimum Gasteiger partial charge on any atom is -0.366 e. The van der Waals surface area contributed by atoms with Crippen LogP contribution in [0.25, 0.3) is 0 Å². The van der Waals surface area contributed by atoms with E-state index in [4.69, 9.17) is 5.73 Å². The summed E-state index contributed by atoms with van der Waals surface area (Å²) in [5, 5.41) is 3.32. The van der Waals surface area contributed by atoms with Gasteiger partial charge in [-0.1, -0.05) is 25.1 Å². The summed E-state index contributed by atoms with van der Waals surface area (Å²) in [6, 6.07) is 8.76. The molecule has 16 heavy (non-hydrogen) atoms. The van der Waals surface area contributed by atoms with Crippen LogP contribution < -0.4 is 11.1 Å². The molecular weight excluding hydrogens is 200 g/mol. The number of primary amides is 1. The van der Waals surface area contributed by atoms with Gasteiger partial charge in [0.15, 0.2) is 0 Å². The van der Waals surface area contributed by atoms with Gasteiger partial charge in [0.25, 0.3) is 0 Å². The molecule has 0 unspecified atom stereocenters. The number of benzene rings is 1. The van der Waals surface area contributed by atoms with E-state index in [0.29, 0.717) is 5.56 Å². The van der Waals surface area contributed by atoms with E-state index < -0.39 is 0 Å². The van der Waals surface area contributed by atoms with Crippen molar-refractivity contribution in [2.45, 2.75) is 19.8 Å². The third-order valence-corrected chi connectivity index (χ3v) is 2.69. The Bertz CT molecular complexity index is 305. The van der Waals surface area contributed by atoms with Crippen LogP contribution in [0.15, 0.2) is 30.3 Å². The number of amides is 1. The van der Waals surface area contributed by atoms with Gasteiger partial charge >= 0.3 is 0 Å². The second-order valence-corrected chi connectivity index (χ2v) is 4.16. The molecule has 3 heteroatoms. The Balaban J connectivity index is 0.000000165. The van der Waals surface area contributed by atoms with E-state index in [2.05, 4.69) is 12.2 Å². The zero-order valence-electron chi connectivity index (χ0n) is 9.78. The molecule has 0 aliphatic carbocycles. The first-order valence-electron chi connectivity index (χ1n) is 5.75. The Morgan fingerprint density at radius 3 is 2.12 bits per heavy atom. The Labute approximate surface area is 97.0 Å². The molecule has 3 nitrogen and oxygen atoms in total. The summed E-state index contributed by atoms with van der Waals surface area (Å²) in [6.07, 6.45) is 2.75. The van der Waals surface area contributed by atoms with Crippen molar-refractivity contribution in [2.24, 2.45) is 11.7 Å². The highest BCUT2D eigenvalue weighted by Gasteiger charge is 2.05. The number of carbonyl (C=O) groups excluding carboxylic acids is 1. The fourth-order valence-corrected chi connectivity index (χ4v) is 1.57. The van der Waals surface area contributed by atoms with Crippen molar-refractivity contribution >= 4 is 5.91 Å². The summed E-state index contributed by atoms with van der Waals surface area (Å²) in [5.74, 6) is 0.594. The van der Waals surface area contributed by atoms with Crippen LogP contribution in [0.4, 0.5) is 0 Å². The lowest BCUT2D eigenvalue weighted by atomic mass is 10.0. The van der Waals surface area contributed by atoms with Crippen molar-refractivity contribution in [1.29, 1.82) is 0 Å². The molecule has 0 aromatic heterocycles. The van der Waals surface area contributed by atoms with Gasteiger partial charge in [-0.15, -0.1) is 0 Å². The van der Waals surface area contributed by atoms with Crippen LogP contribution in [-0.2, 0) is 0 Å². The smallest absolute Gasteiger partial charge is 0.248 e. The largest absolute Gasteiger partial charge is 0.366 e. The van der Waals surface area contributed by atoms with Gasteiger partial charge in [0.1, 0.15) is 0 Å². The molecule has 1 saturated heterocycles. The molecule has 1 aliphatic rings. The summed E-state index contributed by atoms with van der Waals surface area (Å²) in [5.41, 5.74) is 5.53. The van der Waals surface area contributed by atoms with Crippen molar-refractivity contribution in [3.63, 3.8) is 0 Å². The van der Waals surface area contributed by atoms with E-state index >= 15 is 0 Å². The molecule has 0 bridgehead atoms. The van der Waals surface area contributed by atoms with Crippen molar-refractivity contribution in [1.82, 2.24) is 5.32 Å². The summed E-state index contributed by atoms with van der Waals surface area (Å²) >= 11 is 0. The monoisotopic (exact) mass is 220 g/mol. The van der Waals surface area contributed by atoms with Gasteiger partial charge in [-0.2, -0.15) is 0 Å². The molecule has 1 fully saturated rings. The predicted octanol–water partition coefficient (Wildman–Crippen LogP) is 1.79. The second-order valence-electron chi connectivity index (χ2n) is 4.16. The highest BCUT2D eigenvalue weighted by Crippen LogP contribution is 2.08. The highest BCUT2D eigenvalue weighted by molar-refractivity contribution is 5.92. The normalized spacial score (nSPS) is 16.1. The minimum absolute atomic E-state index is 0.379. The Morgan fingerprint density at radius 2 is 1.81 bits per heavy atom. The van der Waals surface area contributed by atoms with Crippen LogP contribution in [0.5, 0.6) is 0 Å².